The average molecular weight is 292 g/mol. The van der Waals surface area contributed by atoms with E-state index in [9.17, 15) is 0 Å². The van der Waals surface area contributed by atoms with Gasteiger partial charge in [-0.25, -0.2) is 0 Å². The molecule has 3 rings (SSSR count). The van der Waals surface area contributed by atoms with Gasteiger partial charge >= 0.3 is 0 Å². The number of nitrogens with zero attached hydrogens (tertiary/aromatic N) is 2. The third-order valence-corrected chi connectivity index (χ3v) is 4.77. The molecule has 1 aliphatic carbocycles. The number of halogens is 1. The summed E-state index contributed by atoms with van der Waals surface area (Å²) in [4.78, 5) is 4.64. The average Bonchev–Trinajstić information content (AvgIpc) is 3.01. The van der Waals surface area contributed by atoms with Crippen LogP contribution in [-0.4, -0.2) is 36.9 Å². The fourth-order valence-electron chi connectivity index (χ4n) is 3.34. The Morgan fingerprint density at radius 2 is 1.80 bits per heavy atom. The summed E-state index contributed by atoms with van der Waals surface area (Å²) in [6, 6.07) is 8.06. The van der Waals surface area contributed by atoms with Gasteiger partial charge < -0.3 is 9.80 Å². The first-order valence-corrected chi connectivity index (χ1v) is 7.96. The van der Waals surface area contributed by atoms with Gasteiger partial charge in [0.2, 0.25) is 0 Å². The summed E-state index contributed by atoms with van der Waals surface area (Å²) < 4.78 is 0. The molecule has 1 N–H and O–H groups in total. The number of hydrogen-bond acceptors (Lipinski definition) is 2. The van der Waals surface area contributed by atoms with Gasteiger partial charge in [0.25, 0.3) is 0 Å². The number of piperazine rings is 1. The zero-order valence-electron chi connectivity index (χ0n) is 11.8. The van der Waals surface area contributed by atoms with Crippen molar-refractivity contribution in [2.75, 3.05) is 31.1 Å². The van der Waals surface area contributed by atoms with Crippen LogP contribution in [0.2, 0.25) is 5.02 Å². The van der Waals surface area contributed by atoms with Gasteiger partial charge in [-0.15, -0.1) is 0 Å². The molecule has 1 heterocycles. The predicted octanol–water partition coefficient (Wildman–Crippen LogP) is 3.63. The zero-order valence-corrected chi connectivity index (χ0v) is 12.6. The zero-order chi connectivity index (χ0) is 13.9. The fourth-order valence-corrected chi connectivity index (χ4v) is 3.52. The van der Waals surface area contributed by atoms with Crippen LogP contribution >= 0.6 is 11.6 Å². The van der Waals surface area contributed by atoms with Crippen molar-refractivity contribution >= 4 is 23.1 Å². The van der Waals surface area contributed by atoms with Crippen molar-refractivity contribution in [2.24, 2.45) is 5.92 Å². The van der Waals surface area contributed by atoms with Crippen LogP contribution in [0.25, 0.3) is 0 Å². The standard InChI is InChI=1S/C16H22ClN3/c17-14-6-3-7-15(12-14)19-8-10-20(11-9-19)16(18)13-4-1-2-5-13/h3,6-7,12-13,18H,1-2,4-5,8-11H2. The number of hydrogen-bond donors (Lipinski definition) is 1. The normalized spacial score (nSPS) is 20.4. The van der Waals surface area contributed by atoms with Crippen LogP contribution in [0.1, 0.15) is 25.7 Å². The van der Waals surface area contributed by atoms with Crippen LogP contribution in [-0.2, 0) is 0 Å². The molecule has 4 heteroatoms. The maximum Gasteiger partial charge on any atom is 0.0990 e. The molecule has 1 saturated carbocycles. The fraction of sp³-hybridized carbons (Fsp3) is 0.562. The minimum Gasteiger partial charge on any atom is -0.368 e. The van der Waals surface area contributed by atoms with E-state index in [1.807, 2.05) is 18.2 Å². The maximum atomic E-state index is 8.37. The first-order valence-electron chi connectivity index (χ1n) is 7.58. The highest BCUT2D eigenvalue weighted by molar-refractivity contribution is 6.30. The molecule has 0 bridgehead atoms. The molecule has 0 spiro atoms. The summed E-state index contributed by atoms with van der Waals surface area (Å²) in [5.74, 6) is 1.40. The molecule has 2 fully saturated rings. The molecule has 2 aliphatic rings. The number of benzene rings is 1. The van der Waals surface area contributed by atoms with Gasteiger partial charge in [0.15, 0.2) is 0 Å². The lowest BCUT2D eigenvalue weighted by Crippen LogP contribution is -2.50. The Morgan fingerprint density at radius 3 is 2.45 bits per heavy atom. The van der Waals surface area contributed by atoms with Crippen molar-refractivity contribution in [3.05, 3.63) is 29.3 Å². The second kappa shape index (κ2) is 6.04. The Kier molecular flexibility index (Phi) is 4.16. The molecule has 1 saturated heterocycles. The Labute approximate surface area is 126 Å². The van der Waals surface area contributed by atoms with E-state index in [0.717, 1.165) is 37.0 Å². The van der Waals surface area contributed by atoms with Crippen molar-refractivity contribution in [1.29, 1.82) is 5.41 Å². The largest absolute Gasteiger partial charge is 0.368 e. The summed E-state index contributed by atoms with van der Waals surface area (Å²) in [6.07, 6.45) is 5.03. The van der Waals surface area contributed by atoms with Gasteiger partial charge in [-0.1, -0.05) is 30.5 Å². The van der Waals surface area contributed by atoms with Crippen molar-refractivity contribution in [3.63, 3.8) is 0 Å². The number of nitrogens with one attached hydrogen (secondary N) is 1. The van der Waals surface area contributed by atoms with Gasteiger partial charge in [0, 0.05) is 42.8 Å². The quantitative estimate of drug-likeness (QED) is 0.666. The molecule has 0 radical (unpaired) electrons. The molecule has 1 aliphatic heterocycles. The highest BCUT2D eigenvalue weighted by Crippen LogP contribution is 2.28. The van der Waals surface area contributed by atoms with Gasteiger partial charge in [0.05, 0.1) is 5.84 Å². The smallest absolute Gasteiger partial charge is 0.0990 e. The Bertz CT molecular complexity index is 474. The Hall–Kier alpha value is -1.22. The van der Waals surface area contributed by atoms with Crippen molar-refractivity contribution in [2.45, 2.75) is 25.7 Å². The monoisotopic (exact) mass is 291 g/mol. The van der Waals surface area contributed by atoms with E-state index in [0.29, 0.717) is 5.92 Å². The van der Waals surface area contributed by atoms with Gasteiger partial charge in [-0.05, 0) is 31.0 Å². The number of rotatable bonds is 2. The molecule has 0 amide bonds. The van der Waals surface area contributed by atoms with E-state index in [1.54, 1.807) is 0 Å². The van der Waals surface area contributed by atoms with Crippen molar-refractivity contribution < 1.29 is 0 Å². The minimum atomic E-state index is 0.521. The molecule has 0 aromatic heterocycles. The van der Waals surface area contributed by atoms with E-state index in [1.165, 1.54) is 31.4 Å². The van der Waals surface area contributed by atoms with Crippen LogP contribution in [0.15, 0.2) is 24.3 Å². The second-order valence-electron chi connectivity index (χ2n) is 5.82. The molecule has 1 aromatic rings. The van der Waals surface area contributed by atoms with Crippen LogP contribution in [0.4, 0.5) is 5.69 Å². The highest BCUT2D eigenvalue weighted by Gasteiger charge is 2.26. The van der Waals surface area contributed by atoms with E-state index in [4.69, 9.17) is 17.0 Å². The van der Waals surface area contributed by atoms with E-state index in [2.05, 4.69) is 15.9 Å². The third kappa shape index (κ3) is 2.93. The molecule has 0 unspecified atom stereocenters. The highest BCUT2D eigenvalue weighted by atomic mass is 35.5. The lowest BCUT2D eigenvalue weighted by molar-refractivity contribution is 0.362. The molecule has 20 heavy (non-hydrogen) atoms. The molecule has 0 atom stereocenters. The second-order valence-corrected chi connectivity index (χ2v) is 6.26. The predicted molar refractivity (Wildman–Crippen MR) is 84.9 cm³/mol. The van der Waals surface area contributed by atoms with Gasteiger partial charge in [-0.3, -0.25) is 5.41 Å². The summed E-state index contributed by atoms with van der Waals surface area (Å²) >= 11 is 6.06. The lowest BCUT2D eigenvalue weighted by Gasteiger charge is -2.38. The first kappa shape index (κ1) is 13.7. The van der Waals surface area contributed by atoms with E-state index < -0.39 is 0 Å². The van der Waals surface area contributed by atoms with Gasteiger partial charge in [-0.2, -0.15) is 0 Å². The SMILES string of the molecule is N=C(C1CCCC1)N1CCN(c2cccc(Cl)c2)CC1. The molecule has 1 aromatic carbocycles. The lowest BCUT2D eigenvalue weighted by atomic mass is 10.1. The summed E-state index contributed by atoms with van der Waals surface area (Å²) in [6.45, 7) is 3.88. The summed E-state index contributed by atoms with van der Waals surface area (Å²) in [7, 11) is 0. The molecule has 3 nitrogen and oxygen atoms in total. The Balaban J connectivity index is 1.58. The topological polar surface area (TPSA) is 30.3 Å². The van der Waals surface area contributed by atoms with Crippen LogP contribution in [0.3, 0.4) is 0 Å². The van der Waals surface area contributed by atoms with E-state index >= 15 is 0 Å². The van der Waals surface area contributed by atoms with Crippen LogP contribution in [0, 0.1) is 11.3 Å². The minimum absolute atomic E-state index is 0.521. The molecule has 108 valence electrons. The number of anilines is 1. The van der Waals surface area contributed by atoms with Crippen LogP contribution < -0.4 is 4.90 Å². The number of amidine groups is 1. The van der Waals surface area contributed by atoms with Crippen molar-refractivity contribution in [1.82, 2.24) is 4.90 Å². The summed E-state index contributed by atoms with van der Waals surface area (Å²) in [5, 5.41) is 9.17. The summed E-state index contributed by atoms with van der Waals surface area (Å²) in [5.41, 5.74) is 1.20. The third-order valence-electron chi connectivity index (χ3n) is 4.54. The van der Waals surface area contributed by atoms with Crippen LogP contribution in [0.5, 0.6) is 0 Å². The first-order chi connectivity index (χ1) is 9.74. The maximum absolute atomic E-state index is 8.37. The van der Waals surface area contributed by atoms with Gasteiger partial charge in [0.1, 0.15) is 0 Å². The molecular weight excluding hydrogens is 270 g/mol. The van der Waals surface area contributed by atoms with Crippen molar-refractivity contribution in [3.8, 4) is 0 Å². The Morgan fingerprint density at radius 1 is 1.10 bits per heavy atom. The van der Waals surface area contributed by atoms with E-state index in [-0.39, 0.29) is 0 Å². The molecular formula is C16H22ClN3.